The summed E-state index contributed by atoms with van der Waals surface area (Å²) < 4.78 is 0. The van der Waals surface area contributed by atoms with E-state index in [1.54, 1.807) is 6.07 Å². The monoisotopic (exact) mass is 472 g/mol. The summed E-state index contributed by atoms with van der Waals surface area (Å²) in [4.78, 5) is 50.7. The Labute approximate surface area is 200 Å². The van der Waals surface area contributed by atoms with Gasteiger partial charge < -0.3 is 20.8 Å². The largest absolute Gasteiger partial charge is 0.481 e. The Hall–Kier alpha value is -2.90. The van der Waals surface area contributed by atoms with Crippen molar-refractivity contribution in [1.82, 2.24) is 5.32 Å². The maximum absolute atomic E-state index is 13.4. The van der Waals surface area contributed by atoms with Crippen LogP contribution < -0.4 is 10.6 Å². The van der Waals surface area contributed by atoms with Gasteiger partial charge in [0.25, 0.3) is 0 Å². The number of hydrogen-bond donors (Lipinski definition) is 4. The van der Waals surface area contributed by atoms with Gasteiger partial charge in [-0.2, -0.15) is 0 Å². The number of amides is 2. The van der Waals surface area contributed by atoms with Crippen LogP contribution in [0, 0.1) is 35.5 Å². The van der Waals surface area contributed by atoms with Gasteiger partial charge >= 0.3 is 11.9 Å². The average Bonchev–Trinajstić information content (AvgIpc) is 3.24. The van der Waals surface area contributed by atoms with Gasteiger partial charge in [0.05, 0.1) is 11.8 Å². The molecule has 0 bridgehead atoms. The van der Waals surface area contributed by atoms with Crippen molar-refractivity contribution in [2.75, 3.05) is 5.32 Å². The number of carboxylic acids is 2. The molecule has 0 radical (unpaired) electrons. The molecule has 0 aliphatic heterocycles. The first kappa shape index (κ1) is 25.7. The van der Waals surface area contributed by atoms with Gasteiger partial charge in [-0.3, -0.25) is 19.2 Å². The van der Waals surface area contributed by atoms with Crippen LogP contribution >= 0.6 is 0 Å². The highest BCUT2D eigenvalue weighted by Crippen LogP contribution is 2.57. The van der Waals surface area contributed by atoms with E-state index in [-0.39, 0.29) is 24.2 Å². The van der Waals surface area contributed by atoms with Crippen LogP contribution in [0.5, 0.6) is 0 Å². The van der Waals surface area contributed by atoms with Gasteiger partial charge in [0, 0.05) is 23.1 Å². The van der Waals surface area contributed by atoms with Crippen LogP contribution in [0.1, 0.15) is 59.9 Å². The molecule has 34 heavy (non-hydrogen) atoms. The molecular formula is C26H36N2O6. The van der Waals surface area contributed by atoms with Gasteiger partial charge in [0.15, 0.2) is 0 Å². The Morgan fingerprint density at radius 2 is 1.29 bits per heavy atom. The fourth-order valence-corrected chi connectivity index (χ4v) is 5.66. The summed E-state index contributed by atoms with van der Waals surface area (Å²) in [6.07, 6.45) is 0.0399. The Bertz CT molecular complexity index is 978. The molecule has 0 aromatic heterocycles. The Morgan fingerprint density at radius 1 is 0.794 bits per heavy atom. The normalized spacial score (nSPS) is 28.8. The lowest BCUT2D eigenvalue weighted by Gasteiger charge is -2.27. The van der Waals surface area contributed by atoms with Gasteiger partial charge in [-0.1, -0.05) is 32.9 Å². The number of nitrogens with one attached hydrogen (secondary N) is 2. The van der Waals surface area contributed by atoms with Crippen LogP contribution in [-0.4, -0.2) is 39.5 Å². The van der Waals surface area contributed by atoms with Crippen LogP contribution in [0.25, 0.3) is 0 Å². The van der Waals surface area contributed by atoms with Crippen LogP contribution in [0.15, 0.2) is 24.3 Å². The maximum atomic E-state index is 13.4. The molecule has 2 aliphatic rings. The van der Waals surface area contributed by atoms with Crippen LogP contribution in [0.2, 0.25) is 0 Å². The summed E-state index contributed by atoms with van der Waals surface area (Å²) in [5.74, 6) is -7.86. The van der Waals surface area contributed by atoms with Crippen molar-refractivity contribution < 1.29 is 29.4 Å². The summed E-state index contributed by atoms with van der Waals surface area (Å²) >= 11 is 0. The van der Waals surface area contributed by atoms with Crippen molar-refractivity contribution in [2.45, 2.75) is 65.3 Å². The van der Waals surface area contributed by atoms with E-state index in [1.807, 2.05) is 39.0 Å². The standard InChI is InChI=1S/C26H36N2O6/c1-25(2,3)13-8-7-9-14(10-13)27-21(29)15-11-17(23(31)32)20-16(22(30)28-26(4,5)6)12-18(19(15)20)24(33)34/h7-10,15-20H,11-12H2,1-6H3,(H,27,29)(H,28,30)(H,31,32)(H,33,34). The highest BCUT2D eigenvalue weighted by atomic mass is 16.4. The molecule has 0 heterocycles. The fraction of sp³-hybridized carbons (Fsp3) is 0.615. The number of rotatable bonds is 5. The quantitative estimate of drug-likeness (QED) is 0.518. The molecule has 2 saturated carbocycles. The topological polar surface area (TPSA) is 133 Å². The molecule has 6 atom stereocenters. The van der Waals surface area contributed by atoms with Crippen molar-refractivity contribution in [1.29, 1.82) is 0 Å². The number of carbonyl (C=O) groups is 4. The molecule has 0 spiro atoms. The number of benzene rings is 1. The average molecular weight is 473 g/mol. The van der Waals surface area contributed by atoms with Crippen molar-refractivity contribution >= 4 is 29.4 Å². The molecule has 2 aliphatic carbocycles. The Morgan fingerprint density at radius 3 is 1.74 bits per heavy atom. The number of carbonyl (C=O) groups excluding carboxylic acids is 2. The third-order valence-electron chi connectivity index (χ3n) is 7.12. The van der Waals surface area contributed by atoms with E-state index in [1.165, 1.54) is 0 Å². The van der Waals surface area contributed by atoms with Gasteiger partial charge in [-0.05, 0) is 68.6 Å². The molecule has 0 saturated heterocycles. The first-order valence-electron chi connectivity index (χ1n) is 11.8. The van der Waals surface area contributed by atoms with E-state index in [0.717, 1.165) is 5.56 Å². The van der Waals surface area contributed by atoms with Crippen LogP contribution in [-0.2, 0) is 24.6 Å². The predicted octanol–water partition coefficient (Wildman–Crippen LogP) is 3.51. The molecule has 6 unspecified atom stereocenters. The molecular weight excluding hydrogens is 436 g/mol. The van der Waals surface area contributed by atoms with Crippen LogP contribution in [0.3, 0.4) is 0 Å². The predicted molar refractivity (Wildman–Crippen MR) is 127 cm³/mol. The molecule has 2 amide bonds. The summed E-state index contributed by atoms with van der Waals surface area (Å²) in [6, 6.07) is 7.45. The number of fused-ring (bicyclic) bond motifs is 1. The molecule has 8 nitrogen and oxygen atoms in total. The summed E-state index contributed by atoms with van der Waals surface area (Å²) in [6.45, 7) is 11.6. The van der Waals surface area contributed by atoms with Crippen molar-refractivity contribution in [2.24, 2.45) is 35.5 Å². The zero-order valence-electron chi connectivity index (χ0n) is 20.7. The van der Waals surface area contributed by atoms with E-state index >= 15 is 0 Å². The summed E-state index contributed by atoms with van der Waals surface area (Å²) in [5, 5.41) is 25.6. The molecule has 3 rings (SSSR count). The second-order valence-corrected chi connectivity index (χ2v) is 11.8. The third-order valence-corrected chi connectivity index (χ3v) is 7.12. The van der Waals surface area contributed by atoms with Gasteiger partial charge in [-0.15, -0.1) is 0 Å². The van der Waals surface area contributed by atoms with Crippen molar-refractivity contribution in [3.05, 3.63) is 29.8 Å². The second kappa shape index (κ2) is 9.04. The Balaban J connectivity index is 1.92. The Kier molecular flexibility index (Phi) is 6.84. The van der Waals surface area contributed by atoms with E-state index in [4.69, 9.17) is 0 Å². The molecule has 8 heteroatoms. The van der Waals surface area contributed by atoms with Crippen molar-refractivity contribution in [3.8, 4) is 0 Å². The lowest BCUT2D eigenvalue weighted by Crippen LogP contribution is -2.45. The molecule has 2 fully saturated rings. The SMILES string of the molecule is CC(C)(C)NC(=O)C1CC(C(=O)O)C2C(C(=O)Nc3cccc(C(C)(C)C)c3)CC(C(=O)O)C12. The smallest absolute Gasteiger partial charge is 0.306 e. The minimum absolute atomic E-state index is 0.0124. The number of hydrogen-bond acceptors (Lipinski definition) is 4. The van der Waals surface area contributed by atoms with Gasteiger partial charge in [-0.25, -0.2) is 0 Å². The number of anilines is 1. The summed E-state index contributed by atoms with van der Waals surface area (Å²) in [7, 11) is 0. The molecule has 1 aromatic rings. The third kappa shape index (κ3) is 5.26. The lowest BCUT2D eigenvalue weighted by atomic mass is 9.81. The van der Waals surface area contributed by atoms with Gasteiger partial charge in [0.2, 0.25) is 11.8 Å². The lowest BCUT2D eigenvalue weighted by molar-refractivity contribution is -0.146. The maximum Gasteiger partial charge on any atom is 0.306 e. The van der Waals surface area contributed by atoms with Crippen molar-refractivity contribution in [3.63, 3.8) is 0 Å². The molecule has 4 N–H and O–H groups in total. The number of carboxylic acid groups (broad SMARTS) is 2. The number of aliphatic carboxylic acids is 2. The van der Waals surface area contributed by atoms with Gasteiger partial charge in [0.1, 0.15) is 0 Å². The second-order valence-electron chi connectivity index (χ2n) is 11.8. The van der Waals surface area contributed by atoms with Crippen LogP contribution in [0.4, 0.5) is 5.69 Å². The first-order chi connectivity index (χ1) is 15.6. The molecule has 186 valence electrons. The zero-order valence-corrected chi connectivity index (χ0v) is 20.7. The summed E-state index contributed by atoms with van der Waals surface area (Å²) in [5.41, 5.74) is 0.946. The van der Waals surface area contributed by atoms with E-state index in [9.17, 15) is 29.4 Å². The van der Waals surface area contributed by atoms with E-state index < -0.39 is 58.9 Å². The highest BCUT2D eigenvalue weighted by Gasteiger charge is 2.62. The highest BCUT2D eigenvalue weighted by molar-refractivity contribution is 5.95. The fourth-order valence-electron chi connectivity index (χ4n) is 5.66. The zero-order chi connectivity index (χ0) is 25.6. The molecule has 1 aromatic carbocycles. The minimum Gasteiger partial charge on any atom is -0.481 e. The van der Waals surface area contributed by atoms with E-state index in [0.29, 0.717) is 5.69 Å². The van der Waals surface area contributed by atoms with E-state index in [2.05, 4.69) is 31.4 Å². The first-order valence-corrected chi connectivity index (χ1v) is 11.8. The minimum atomic E-state index is -1.10.